The van der Waals surface area contributed by atoms with Gasteiger partial charge in [-0.05, 0) is 82.4 Å². The summed E-state index contributed by atoms with van der Waals surface area (Å²) in [6.45, 7) is 6.95. The maximum absolute atomic E-state index is 12.3. The molecule has 1 fully saturated rings. The summed E-state index contributed by atoms with van der Waals surface area (Å²) in [5, 5.41) is 10.9. The first-order chi connectivity index (χ1) is 11.6. The highest BCUT2D eigenvalue weighted by Crippen LogP contribution is 2.14. The van der Waals surface area contributed by atoms with Crippen molar-refractivity contribution in [2.24, 2.45) is 5.92 Å². The molecule has 1 unspecified atom stereocenters. The lowest BCUT2D eigenvalue weighted by atomic mass is 9.96. The van der Waals surface area contributed by atoms with Crippen LogP contribution in [0.3, 0.4) is 0 Å². The predicted molar refractivity (Wildman–Crippen MR) is 103 cm³/mol. The van der Waals surface area contributed by atoms with Gasteiger partial charge >= 0.3 is 0 Å². The fourth-order valence-corrected chi connectivity index (χ4v) is 3.31. The van der Waals surface area contributed by atoms with Gasteiger partial charge in [-0.15, -0.1) is 12.4 Å². The van der Waals surface area contributed by atoms with E-state index >= 15 is 0 Å². The van der Waals surface area contributed by atoms with Crippen LogP contribution in [0.4, 0.5) is 0 Å². The average Bonchev–Trinajstić information content (AvgIpc) is 2.94. The number of hydrogen-bond acceptors (Lipinski definition) is 3. The van der Waals surface area contributed by atoms with Gasteiger partial charge in [0.2, 0.25) is 0 Å². The summed E-state index contributed by atoms with van der Waals surface area (Å²) in [5.74, 6) is 0.686. The number of carbonyl (C=O) groups is 1. The van der Waals surface area contributed by atoms with E-state index in [9.17, 15) is 4.79 Å². The van der Waals surface area contributed by atoms with Crippen molar-refractivity contribution in [1.29, 1.82) is 0 Å². The first-order valence-electron chi connectivity index (χ1n) is 8.76. The highest BCUT2D eigenvalue weighted by molar-refractivity contribution is 5.94. The second-order valence-electron chi connectivity index (χ2n) is 6.64. The Balaban J connectivity index is 0.00000225. The molecule has 3 rings (SSSR count). The zero-order chi connectivity index (χ0) is 16.9. The summed E-state index contributed by atoms with van der Waals surface area (Å²) in [5.41, 5.74) is 3.75. The van der Waals surface area contributed by atoms with Crippen molar-refractivity contribution in [3.63, 3.8) is 0 Å². The summed E-state index contributed by atoms with van der Waals surface area (Å²) in [7, 11) is 0. The molecule has 0 aliphatic carbocycles. The van der Waals surface area contributed by atoms with Crippen molar-refractivity contribution in [3.05, 3.63) is 47.3 Å². The first-order valence-corrected chi connectivity index (χ1v) is 8.76. The van der Waals surface area contributed by atoms with Crippen LogP contribution in [0.5, 0.6) is 0 Å². The fraction of sp³-hybridized carbons (Fsp3) is 0.474. The van der Waals surface area contributed by atoms with Gasteiger partial charge in [0.15, 0.2) is 0 Å². The molecular formula is C19H27ClN4O. The lowest BCUT2D eigenvalue weighted by Gasteiger charge is -2.22. The van der Waals surface area contributed by atoms with Crippen LogP contribution in [-0.2, 0) is 0 Å². The third-order valence-electron chi connectivity index (χ3n) is 4.62. The Bertz CT molecular complexity index is 690. The molecule has 1 aliphatic heterocycles. The van der Waals surface area contributed by atoms with E-state index in [1.165, 1.54) is 12.8 Å². The van der Waals surface area contributed by atoms with E-state index in [1.807, 2.05) is 48.9 Å². The van der Waals surface area contributed by atoms with Gasteiger partial charge in [0.25, 0.3) is 5.91 Å². The van der Waals surface area contributed by atoms with Crippen LogP contribution in [-0.4, -0.2) is 35.3 Å². The quantitative estimate of drug-likeness (QED) is 0.859. The summed E-state index contributed by atoms with van der Waals surface area (Å²) < 4.78 is 1.90. The Hall–Kier alpha value is -1.85. The number of amides is 1. The Morgan fingerprint density at radius 2 is 2.08 bits per heavy atom. The van der Waals surface area contributed by atoms with Crippen LogP contribution in [0.1, 0.15) is 41.0 Å². The molecule has 6 heteroatoms. The second-order valence-corrected chi connectivity index (χ2v) is 6.64. The van der Waals surface area contributed by atoms with Crippen molar-refractivity contribution in [3.8, 4) is 5.69 Å². The molecule has 5 nitrogen and oxygen atoms in total. The van der Waals surface area contributed by atoms with Crippen molar-refractivity contribution in [2.45, 2.75) is 33.1 Å². The van der Waals surface area contributed by atoms with E-state index in [-0.39, 0.29) is 18.3 Å². The molecule has 1 saturated heterocycles. The highest BCUT2D eigenvalue weighted by atomic mass is 35.5. The number of carbonyl (C=O) groups excluding carboxylic acids is 1. The predicted octanol–water partition coefficient (Wildman–Crippen LogP) is 3.03. The second kappa shape index (κ2) is 9.02. The molecule has 0 saturated carbocycles. The van der Waals surface area contributed by atoms with Gasteiger partial charge in [-0.2, -0.15) is 5.10 Å². The normalized spacial score (nSPS) is 17.0. The summed E-state index contributed by atoms with van der Waals surface area (Å²) >= 11 is 0. The van der Waals surface area contributed by atoms with Crippen molar-refractivity contribution < 1.29 is 4.79 Å². The van der Waals surface area contributed by atoms with E-state index in [2.05, 4.69) is 15.7 Å². The SMILES string of the molecule is Cc1cc(C)n(-c2ccc(C(=O)NCCC3CCCNC3)cc2)n1.Cl. The minimum atomic E-state index is -0.00122. The molecule has 2 heterocycles. The van der Waals surface area contributed by atoms with E-state index in [0.29, 0.717) is 11.5 Å². The van der Waals surface area contributed by atoms with E-state index < -0.39 is 0 Å². The molecule has 0 bridgehead atoms. The van der Waals surface area contributed by atoms with Crippen LogP contribution < -0.4 is 10.6 Å². The van der Waals surface area contributed by atoms with Gasteiger partial charge in [0.1, 0.15) is 0 Å². The molecule has 2 N–H and O–H groups in total. The number of benzene rings is 1. The Kier molecular flexibility index (Phi) is 7.02. The molecule has 1 aromatic heterocycles. The van der Waals surface area contributed by atoms with Crippen LogP contribution in [0, 0.1) is 19.8 Å². The van der Waals surface area contributed by atoms with Crippen molar-refractivity contribution in [1.82, 2.24) is 20.4 Å². The number of nitrogens with one attached hydrogen (secondary N) is 2. The molecule has 1 aliphatic rings. The third-order valence-corrected chi connectivity index (χ3v) is 4.62. The fourth-order valence-electron chi connectivity index (χ4n) is 3.31. The standard InChI is InChI=1S/C19H26N4O.ClH/c1-14-12-15(2)23(22-14)18-7-5-17(6-8-18)19(24)21-11-9-16-4-3-10-20-13-16;/h5-8,12,16,20H,3-4,9-11,13H2,1-2H3,(H,21,24);1H. The number of aromatic nitrogens is 2. The zero-order valence-corrected chi connectivity index (χ0v) is 15.7. The minimum absolute atomic E-state index is 0. The number of rotatable bonds is 5. The Morgan fingerprint density at radius 3 is 2.68 bits per heavy atom. The Labute approximate surface area is 155 Å². The van der Waals surface area contributed by atoms with Crippen LogP contribution in [0.2, 0.25) is 0 Å². The van der Waals surface area contributed by atoms with Gasteiger partial charge in [0, 0.05) is 17.8 Å². The number of halogens is 1. The molecule has 1 atom stereocenters. The van der Waals surface area contributed by atoms with E-state index in [0.717, 1.165) is 43.1 Å². The monoisotopic (exact) mass is 362 g/mol. The first kappa shape index (κ1) is 19.5. The average molecular weight is 363 g/mol. The summed E-state index contributed by atoms with van der Waals surface area (Å²) in [4.78, 5) is 12.3. The summed E-state index contributed by atoms with van der Waals surface area (Å²) in [6.07, 6.45) is 3.55. The number of nitrogens with zero attached hydrogens (tertiary/aromatic N) is 2. The van der Waals surface area contributed by atoms with Crippen LogP contribution in [0.25, 0.3) is 5.69 Å². The van der Waals surface area contributed by atoms with Gasteiger partial charge in [-0.3, -0.25) is 4.79 Å². The molecule has 136 valence electrons. The van der Waals surface area contributed by atoms with Crippen molar-refractivity contribution >= 4 is 18.3 Å². The van der Waals surface area contributed by atoms with Crippen LogP contribution >= 0.6 is 12.4 Å². The molecule has 25 heavy (non-hydrogen) atoms. The van der Waals surface area contributed by atoms with Gasteiger partial charge in [-0.1, -0.05) is 0 Å². The minimum Gasteiger partial charge on any atom is -0.352 e. The highest BCUT2D eigenvalue weighted by Gasteiger charge is 2.13. The van der Waals surface area contributed by atoms with E-state index in [4.69, 9.17) is 0 Å². The molecule has 2 aromatic rings. The topological polar surface area (TPSA) is 59.0 Å². The largest absolute Gasteiger partial charge is 0.352 e. The zero-order valence-electron chi connectivity index (χ0n) is 14.9. The molecule has 0 radical (unpaired) electrons. The molecular weight excluding hydrogens is 336 g/mol. The van der Waals surface area contributed by atoms with Crippen LogP contribution in [0.15, 0.2) is 30.3 Å². The molecule has 1 amide bonds. The summed E-state index contributed by atoms with van der Waals surface area (Å²) in [6, 6.07) is 9.66. The van der Waals surface area contributed by atoms with Gasteiger partial charge in [0.05, 0.1) is 11.4 Å². The number of hydrogen-bond donors (Lipinski definition) is 2. The number of piperidine rings is 1. The Morgan fingerprint density at radius 1 is 1.32 bits per heavy atom. The van der Waals surface area contributed by atoms with Gasteiger partial charge < -0.3 is 10.6 Å². The third kappa shape index (κ3) is 5.06. The number of aryl methyl sites for hydroxylation is 2. The van der Waals surface area contributed by atoms with E-state index in [1.54, 1.807) is 0 Å². The lowest BCUT2D eigenvalue weighted by molar-refractivity contribution is 0.0950. The van der Waals surface area contributed by atoms with Crippen molar-refractivity contribution in [2.75, 3.05) is 19.6 Å². The smallest absolute Gasteiger partial charge is 0.251 e. The van der Waals surface area contributed by atoms with Gasteiger partial charge in [-0.25, -0.2) is 4.68 Å². The molecule has 1 aromatic carbocycles. The maximum Gasteiger partial charge on any atom is 0.251 e. The maximum atomic E-state index is 12.3. The molecule has 0 spiro atoms. The lowest BCUT2D eigenvalue weighted by Crippen LogP contribution is -2.33.